The third-order valence-electron chi connectivity index (χ3n) is 2.70. The molecule has 1 aliphatic heterocycles. The zero-order valence-electron chi connectivity index (χ0n) is 10.8. The largest absolute Gasteiger partial charge is 0.368 e. The summed E-state index contributed by atoms with van der Waals surface area (Å²) < 4.78 is 0. The quantitative estimate of drug-likeness (QED) is 0.819. The molecule has 0 aromatic carbocycles. The van der Waals surface area contributed by atoms with Crippen LogP contribution in [0.2, 0.25) is 0 Å². The molecule has 0 spiro atoms. The van der Waals surface area contributed by atoms with Crippen molar-refractivity contribution in [3.05, 3.63) is 11.9 Å². The minimum Gasteiger partial charge on any atom is -0.368 e. The van der Waals surface area contributed by atoms with E-state index in [9.17, 15) is 0 Å². The van der Waals surface area contributed by atoms with Crippen LogP contribution in [-0.2, 0) is 0 Å². The molecule has 0 unspecified atom stereocenters. The van der Waals surface area contributed by atoms with E-state index in [0.29, 0.717) is 6.04 Å². The fourth-order valence-corrected chi connectivity index (χ4v) is 1.98. The van der Waals surface area contributed by atoms with Crippen molar-refractivity contribution in [2.75, 3.05) is 36.4 Å². The number of anilines is 2. The van der Waals surface area contributed by atoms with Gasteiger partial charge in [0.25, 0.3) is 0 Å². The van der Waals surface area contributed by atoms with E-state index >= 15 is 0 Å². The van der Waals surface area contributed by atoms with Crippen LogP contribution in [0.1, 0.15) is 19.7 Å². The third-order valence-corrected chi connectivity index (χ3v) is 2.70. The van der Waals surface area contributed by atoms with Crippen molar-refractivity contribution in [1.29, 1.82) is 0 Å². The molecule has 0 aliphatic carbocycles. The highest BCUT2D eigenvalue weighted by atomic mass is 15.2. The topological polar surface area (TPSA) is 53.1 Å². The number of nitrogens with one attached hydrogen (secondary N) is 2. The van der Waals surface area contributed by atoms with Gasteiger partial charge in [-0.25, -0.2) is 9.97 Å². The van der Waals surface area contributed by atoms with E-state index < -0.39 is 0 Å². The van der Waals surface area contributed by atoms with E-state index in [1.165, 1.54) is 0 Å². The first-order chi connectivity index (χ1) is 8.15. The molecule has 94 valence electrons. The van der Waals surface area contributed by atoms with Crippen LogP contribution in [0.5, 0.6) is 0 Å². The molecule has 1 fully saturated rings. The summed E-state index contributed by atoms with van der Waals surface area (Å²) in [6.07, 6.45) is 0. The summed E-state index contributed by atoms with van der Waals surface area (Å²) in [6.45, 7) is 10.2. The van der Waals surface area contributed by atoms with Gasteiger partial charge in [-0.05, 0) is 20.8 Å². The van der Waals surface area contributed by atoms with Crippen LogP contribution >= 0.6 is 0 Å². The summed E-state index contributed by atoms with van der Waals surface area (Å²) in [5, 5.41) is 6.68. The highest BCUT2D eigenvalue weighted by Gasteiger charge is 2.13. The number of aryl methyl sites for hydroxylation is 1. The summed E-state index contributed by atoms with van der Waals surface area (Å²) >= 11 is 0. The molecule has 1 saturated heterocycles. The smallest absolute Gasteiger partial charge is 0.134 e. The SMILES string of the molecule is Cc1nc(NC(C)C)cc(N2CCNCC2)n1. The van der Waals surface area contributed by atoms with Gasteiger partial charge in [-0.1, -0.05) is 0 Å². The zero-order chi connectivity index (χ0) is 12.3. The Balaban J connectivity index is 2.18. The van der Waals surface area contributed by atoms with Crippen molar-refractivity contribution in [3.63, 3.8) is 0 Å². The normalized spacial score (nSPS) is 16.4. The van der Waals surface area contributed by atoms with Gasteiger partial charge in [-0.15, -0.1) is 0 Å². The van der Waals surface area contributed by atoms with Gasteiger partial charge in [0.15, 0.2) is 0 Å². The molecule has 17 heavy (non-hydrogen) atoms. The molecule has 0 bridgehead atoms. The zero-order valence-corrected chi connectivity index (χ0v) is 10.8. The van der Waals surface area contributed by atoms with Gasteiger partial charge in [0.2, 0.25) is 0 Å². The summed E-state index contributed by atoms with van der Waals surface area (Å²) in [5.41, 5.74) is 0. The van der Waals surface area contributed by atoms with E-state index in [1.807, 2.05) is 13.0 Å². The van der Waals surface area contributed by atoms with E-state index in [4.69, 9.17) is 0 Å². The minimum atomic E-state index is 0.389. The van der Waals surface area contributed by atoms with Crippen LogP contribution in [-0.4, -0.2) is 42.2 Å². The summed E-state index contributed by atoms with van der Waals surface area (Å²) in [4.78, 5) is 11.2. The first-order valence-corrected chi connectivity index (χ1v) is 6.23. The second kappa shape index (κ2) is 5.31. The second-order valence-corrected chi connectivity index (χ2v) is 4.69. The molecule has 2 heterocycles. The lowest BCUT2D eigenvalue weighted by atomic mass is 10.3. The van der Waals surface area contributed by atoms with Crippen molar-refractivity contribution >= 4 is 11.6 Å². The minimum absolute atomic E-state index is 0.389. The van der Waals surface area contributed by atoms with E-state index in [2.05, 4.69) is 39.3 Å². The number of rotatable bonds is 3. The monoisotopic (exact) mass is 235 g/mol. The highest BCUT2D eigenvalue weighted by molar-refractivity contribution is 5.50. The molecule has 5 heteroatoms. The molecular formula is C12H21N5. The molecule has 0 saturated carbocycles. The molecule has 2 rings (SSSR count). The Kier molecular flexibility index (Phi) is 3.78. The van der Waals surface area contributed by atoms with Gasteiger partial charge in [-0.2, -0.15) is 0 Å². The van der Waals surface area contributed by atoms with Crippen molar-refractivity contribution < 1.29 is 0 Å². The average Bonchev–Trinajstić information content (AvgIpc) is 2.28. The fraction of sp³-hybridized carbons (Fsp3) is 0.667. The molecule has 2 N–H and O–H groups in total. The fourth-order valence-electron chi connectivity index (χ4n) is 1.98. The first-order valence-electron chi connectivity index (χ1n) is 6.23. The lowest BCUT2D eigenvalue weighted by Gasteiger charge is -2.28. The van der Waals surface area contributed by atoms with Crippen LogP contribution in [0.4, 0.5) is 11.6 Å². The lowest BCUT2D eigenvalue weighted by Crippen LogP contribution is -2.44. The van der Waals surface area contributed by atoms with Gasteiger partial charge < -0.3 is 15.5 Å². The lowest BCUT2D eigenvalue weighted by molar-refractivity contribution is 0.584. The predicted octanol–water partition coefficient (Wildman–Crippen LogP) is 1.01. The molecule has 1 aliphatic rings. The average molecular weight is 235 g/mol. The Morgan fingerprint density at radius 3 is 2.65 bits per heavy atom. The third kappa shape index (κ3) is 3.30. The maximum absolute atomic E-state index is 4.51. The summed E-state index contributed by atoms with van der Waals surface area (Å²) in [6, 6.07) is 2.43. The predicted molar refractivity (Wildman–Crippen MR) is 70.6 cm³/mol. The summed E-state index contributed by atoms with van der Waals surface area (Å²) in [5.74, 6) is 2.77. The van der Waals surface area contributed by atoms with Crippen LogP contribution in [0.15, 0.2) is 6.07 Å². The second-order valence-electron chi connectivity index (χ2n) is 4.69. The van der Waals surface area contributed by atoms with Crippen LogP contribution < -0.4 is 15.5 Å². The Bertz CT molecular complexity index is 371. The Morgan fingerprint density at radius 2 is 2.00 bits per heavy atom. The molecular weight excluding hydrogens is 214 g/mol. The molecule has 0 atom stereocenters. The summed E-state index contributed by atoms with van der Waals surface area (Å²) in [7, 11) is 0. The van der Waals surface area contributed by atoms with Gasteiger partial charge in [0.1, 0.15) is 17.5 Å². The van der Waals surface area contributed by atoms with Gasteiger partial charge in [0.05, 0.1) is 0 Å². The standard InChI is InChI=1S/C12H21N5/c1-9(2)14-11-8-12(16-10(3)15-11)17-6-4-13-5-7-17/h8-9,13H,4-7H2,1-3H3,(H,14,15,16). The van der Waals surface area contributed by atoms with Crippen LogP contribution in [0, 0.1) is 6.92 Å². The Morgan fingerprint density at radius 1 is 1.29 bits per heavy atom. The first kappa shape index (κ1) is 12.1. The van der Waals surface area contributed by atoms with E-state index in [1.54, 1.807) is 0 Å². The Hall–Kier alpha value is -1.36. The Labute approximate surface area is 103 Å². The molecule has 1 aromatic heterocycles. The van der Waals surface area contributed by atoms with Gasteiger partial charge in [-0.3, -0.25) is 0 Å². The number of aromatic nitrogens is 2. The van der Waals surface area contributed by atoms with E-state index in [-0.39, 0.29) is 0 Å². The molecule has 1 aromatic rings. The molecule has 0 radical (unpaired) electrons. The number of piperazine rings is 1. The molecule has 0 amide bonds. The van der Waals surface area contributed by atoms with Crippen molar-refractivity contribution in [2.45, 2.75) is 26.8 Å². The molecule has 5 nitrogen and oxygen atoms in total. The number of nitrogens with zero attached hydrogens (tertiary/aromatic N) is 3. The van der Waals surface area contributed by atoms with E-state index in [0.717, 1.165) is 43.6 Å². The van der Waals surface area contributed by atoms with Crippen molar-refractivity contribution in [3.8, 4) is 0 Å². The van der Waals surface area contributed by atoms with Crippen molar-refractivity contribution in [1.82, 2.24) is 15.3 Å². The number of hydrogen-bond donors (Lipinski definition) is 2. The van der Waals surface area contributed by atoms with Gasteiger partial charge >= 0.3 is 0 Å². The maximum atomic E-state index is 4.51. The number of hydrogen-bond acceptors (Lipinski definition) is 5. The van der Waals surface area contributed by atoms with Crippen LogP contribution in [0.3, 0.4) is 0 Å². The maximum Gasteiger partial charge on any atom is 0.134 e. The van der Waals surface area contributed by atoms with Crippen LogP contribution in [0.25, 0.3) is 0 Å². The van der Waals surface area contributed by atoms with Gasteiger partial charge in [0, 0.05) is 38.3 Å². The highest BCUT2D eigenvalue weighted by Crippen LogP contribution is 2.16. The van der Waals surface area contributed by atoms with Crippen molar-refractivity contribution in [2.24, 2.45) is 0 Å².